The number of carbonyl (C=O) groups is 1. The largest absolute Gasteiger partial charge is 0.396 e. The number of rotatable bonds is 2. The summed E-state index contributed by atoms with van der Waals surface area (Å²) in [7, 11) is 0. The molecule has 1 aromatic carbocycles. The molecule has 0 aliphatic heterocycles. The first-order valence-electron chi connectivity index (χ1n) is 5.35. The van der Waals surface area contributed by atoms with Gasteiger partial charge in [0.15, 0.2) is 0 Å². The summed E-state index contributed by atoms with van der Waals surface area (Å²) >= 11 is 3.36. The summed E-state index contributed by atoms with van der Waals surface area (Å²) in [6.07, 6.45) is 3.09. The third-order valence-corrected chi connectivity index (χ3v) is 3.03. The van der Waals surface area contributed by atoms with Crippen LogP contribution < -0.4 is 11.1 Å². The minimum Gasteiger partial charge on any atom is -0.396 e. The van der Waals surface area contributed by atoms with Gasteiger partial charge in [-0.3, -0.25) is 9.78 Å². The van der Waals surface area contributed by atoms with Crippen LogP contribution in [0.1, 0.15) is 15.9 Å². The van der Waals surface area contributed by atoms with Gasteiger partial charge in [-0.1, -0.05) is 15.9 Å². The molecule has 0 saturated carbocycles. The number of hydrogen-bond acceptors (Lipinski definition) is 3. The highest BCUT2D eigenvalue weighted by molar-refractivity contribution is 9.10. The lowest BCUT2D eigenvalue weighted by Crippen LogP contribution is -2.14. The Bertz CT molecular complexity index is 599. The third kappa shape index (κ3) is 2.68. The van der Waals surface area contributed by atoms with Gasteiger partial charge in [0.1, 0.15) is 0 Å². The number of pyridine rings is 1. The summed E-state index contributed by atoms with van der Waals surface area (Å²) in [6.45, 7) is 1.88. The number of nitrogens with zero attached hydrogens (tertiary/aromatic N) is 1. The predicted molar refractivity (Wildman–Crippen MR) is 75.5 cm³/mol. The molecule has 0 spiro atoms. The zero-order valence-corrected chi connectivity index (χ0v) is 11.4. The summed E-state index contributed by atoms with van der Waals surface area (Å²) in [5.74, 6) is -0.182. The molecule has 0 saturated heterocycles. The summed E-state index contributed by atoms with van der Waals surface area (Å²) < 4.78 is 0.944. The Labute approximate surface area is 113 Å². The molecule has 2 rings (SSSR count). The van der Waals surface area contributed by atoms with Crippen molar-refractivity contribution < 1.29 is 4.79 Å². The molecule has 0 radical (unpaired) electrons. The highest BCUT2D eigenvalue weighted by Gasteiger charge is 2.10. The SMILES string of the molecule is Cc1cc(Br)ccc1C(=O)Nc1ccncc1N. The van der Waals surface area contributed by atoms with Gasteiger partial charge in [0.05, 0.1) is 17.6 Å². The van der Waals surface area contributed by atoms with Gasteiger partial charge < -0.3 is 11.1 Å². The molecule has 0 bridgehead atoms. The van der Waals surface area contributed by atoms with E-state index in [1.807, 2.05) is 19.1 Å². The zero-order valence-electron chi connectivity index (χ0n) is 9.77. The first-order chi connectivity index (χ1) is 8.58. The minimum absolute atomic E-state index is 0.182. The number of aryl methyl sites for hydroxylation is 1. The van der Waals surface area contributed by atoms with Gasteiger partial charge in [0.25, 0.3) is 5.91 Å². The lowest BCUT2D eigenvalue weighted by molar-refractivity contribution is 0.102. The molecule has 1 aromatic heterocycles. The van der Waals surface area contributed by atoms with Crippen molar-refractivity contribution in [1.29, 1.82) is 0 Å². The quantitative estimate of drug-likeness (QED) is 0.896. The summed E-state index contributed by atoms with van der Waals surface area (Å²) in [5, 5.41) is 2.77. The van der Waals surface area contributed by atoms with Crippen molar-refractivity contribution in [2.45, 2.75) is 6.92 Å². The number of aromatic nitrogens is 1. The second kappa shape index (κ2) is 5.18. The summed E-state index contributed by atoms with van der Waals surface area (Å²) in [4.78, 5) is 16.0. The zero-order chi connectivity index (χ0) is 13.1. The third-order valence-electron chi connectivity index (χ3n) is 2.53. The molecule has 0 unspecified atom stereocenters. The van der Waals surface area contributed by atoms with E-state index >= 15 is 0 Å². The number of carbonyl (C=O) groups excluding carboxylic acids is 1. The van der Waals surface area contributed by atoms with Crippen LogP contribution in [-0.4, -0.2) is 10.9 Å². The van der Waals surface area contributed by atoms with Crippen molar-refractivity contribution in [1.82, 2.24) is 4.98 Å². The van der Waals surface area contributed by atoms with Crippen LogP contribution in [0.4, 0.5) is 11.4 Å². The molecule has 1 heterocycles. The molecule has 0 atom stereocenters. The molecule has 5 heteroatoms. The second-order valence-electron chi connectivity index (χ2n) is 3.88. The standard InChI is InChI=1S/C13H12BrN3O/c1-8-6-9(14)2-3-10(8)13(18)17-12-4-5-16-7-11(12)15/h2-7H,15H2,1H3,(H,16,17,18). The van der Waals surface area contributed by atoms with Crippen molar-refractivity contribution >= 4 is 33.2 Å². The molecule has 0 fully saturated rings. The average Bonchev–Trinajstić information content (AvgIpc) is 2.32. The number of halogens is 1. The lowest BCUT2D eigenvalue weighted by atomic mass is 10.1. The van der Waals surface area contributed by atoms with E-state index < -0.39 is 0 Å². The second-order valence-corrected chi connectivity index (χ2v) is 4.79. The topological polar surface area (TPSA) is 68.0 Å². The molecular weight excluding hydrogens is 294 g/mol. The van der Waals surface area contributed by atoms with E-state index in [1.165, 1.54) is 6.20 Å². The molecule has 92 valence electrons. The van der Waals surface area contributed by atoms with Gasteiger partial charge in [-0.2, -0.15) is 0 Å². The van der Waals surface area contributed by atoms with Crippen molar-refractivity contribution in [2.24, 2.45) is 0 Å². The molecular formula is C13H12BrN3O. The average molecular weight is 306 g/mol. The van der Waals surface area contributed by atoms with Gasteiger partial charge in [0, 0.05) is 16.2 Å². The normalized spacial score (nSPS) is 10.1. The Morgan fingerprint density at radius 2 is 2.17 bits per heavy atom. The van der Waals surface area contributed by atoms with Crippen LogP contribution in [0.3, 0.4) is 0 Å². The lowest BCUT2D eigenvalue weighted by Gasteiger charge is -2.09. The van der Waals surface area contributed by atoms with E-state index in [0.29, 0.717) is 16.9 Å². The summed E-state index contributed by atoms with van der Waals surface area (Å²) in [5.41, 5.74) is 8.25. The van der Waals surface area contributed by atoms with Crippen molar-refractivity contribution in [2.75, 3.05) is 11.1 Å². The van der Waals surface area contributed by atoms with Gasteiger partial charge in [-0.15, -0.1) is 0 Å². The van der Waals surface area contributed by atoms with Gasteiger partial charge in [-0.25, -0.2) is 0 Å². The first-order valence-corrected chi connectivity index (χ1v) is 6.14. The van der Waals surface area contributed by atoms with Crippen LogP contribution in [0, 0.1) is 6.92 Å². The number of anilines is 2. The van der Waals surface area contributed by atoms with E-state index in [9.17, 15) is 4.79 Å². The smallest absolute Gasteiger partial charge is 0.255 e. The van der Waals surface area contributed by atoms with E-state index in [1.54, 1.807) is 18.3 Å². The highest BCUT2D eigenvalue weighted by atomic mass is 79.9. The fourth-order valence-electron chi connectivity index (χ4n) is 1.59. The van der Waals surface area contributed by atoms with Crippen LogP contribution in [0.25, 0.3) is 0 Å². The van der Waals surface area contributed by atoms with Crippen LogP contribution in [0.2, 0.25) is 0 Å². The van der Waals surface area contributed by atoms with Crippen LogP contribution in [-0.2, 0) is 0 Å². The van der Waals surface area contributed by atoms with Crippen molar-refractivity contribution in [3.8, 4) is 0 Å². The fraction of sp³-hybridized carbons (Fsp3) is 0.0769. The molecule has 18 heavy (non-hydrogen) atoms. The molecule has 0 aliphatic carbocycles. The maximum atomic E-state index is 12.1. The number of hydrogen-bond donors (Lipinski definition) is 2. The highest BCUT2D eigenvalue weighted by Crippen LogP contribution is 2.19. The Hall–Kier alpha value is -1.88. The number of benzene rings is 1. The minimum atomic E-state index is -0.182. The van der Waals surface area contributed by atoms with Crippen molar-refractivity contribution in [3.63, 3.8) is 0 Å². The van der Waals surface area contributed by atoms with E-state index in [2.05, 4.69) is 26.2 Å². The number of nitrogens with one attached hydrogen (secondary N) is 1. The van der Waals surface area contributed by atoms with Crippen molar-refractivity contribution in [3.05, 3.63) is 52.3 Å². The maximum Gasteiger partial charge on any atom is 0.255 e. The molecule has 1 amide bonds. The Morgan fingerprint density at radius 3 is 2.83 bits per heavy atom. The van der Waals surface area contributed by atoms with E-state index in [4.69, 9.17) is 5.73 Å². The maximum absolute atomic E-state index is 12.1. The fourth-order valence-corrected chi connectivity index (χ4v) is 2.07. The van der Waals surface area contributed by atoms with E-state index in [-0.39, 0.29) is 5.91 Å². The molecule has 3 N–H and O–H groups in total. The van der Waals surface area contributed by atoms with Crippen LogP contribution in [0.5, 0.6) is 0 Å². The first kappa shape index (κ1) is 12.6. The van der Waals surface area contributed by atoms with Gasteiger partial charge in [0.2, 0.25) is 0 Å². The van der Waals surface area contributed by atoms with E-state index in [0.717, 1.165) is 10.0 Å². The number of nitrogens with two attached hydrogens (primary N) is 1. The Morgan fingerprint density at radius 1 is 1.39 bits per heavy atom. The summed E-state index contributed by atoms with van der Waals surface area (Å²) in [6, 6.07) is 7.16. The van der Waals surface area contributed by atoms with Gasteiger partial charge in [-0.05, 0) is 36.8 Å². The van der Waals surface area contributed by atoms with Gasteiger partial charge >= 0.3 is 0 Å². The molecule has 4 nitrogen and oxygen atoms in total. The predicted octanol–water partition coefficient (Wildman–Crippen LogP) is 2.99. The van der Waals surface area contributed by atoms with Crippen LogP contribution >= 0.6 is 15.9 Å². The Kier molecular flexibility index (Phi) is 3.62. The Balaban J connectivity index is 2.25. The molecule has 2 aromatic rings. The number of amides is 1. The monoisotopic (exact) mass is 305 g/mol. The molecule has 0 aliphatic rings. The van der Waals surface area contributed by atoms with Crippen LogP contribution in [0.15, 0.2) is 41.1 Å². The number of nitrogen functional groups attached to an aromatic ring is 1.